The third-order valence-electron chi connectivity index (χ3n) is 10.8. The molecule has 5 aliphatic heterocycles. The number of nitrogens with one attached hydrogen (secondary N) is 1. The van der Waals surface area contributed by atoms with E-state index in [1.807, 2.05) is 17.9 Å². The Kier molecular flexibility index (Phi) is 6.38. The average molecular weight is 632 g/mol. The van der Waals surface area contributed by atoms with Crippen molar-refractivity contribution in [3.05, 3.63) is 35.4 Å². The summed E-state index contributed by atoms with van der Waals surface area (Å²) in [6.45, 7) is 4.65. The number of H-pyrrole nitrogens is 1. The summed E-state index contributed by atoms with van der Waals surface area (Å²) in [4.78, 5) is 31.1. The second-order valence-electron chi connectivity index (χ2n) is 13.7. The van der Waals surface area contributed by atoms with Gasteiger partial charge in [0.25, 0.3) is 0 Å². The van der Waals surface area contributed by atoms with E-state index in [0.717, 1.165) is 54.3 Å². The van der Waals surface area contributed by atoms with Crippen LogP contribution in [0.15, 0.2) is 18.5 Å². The van der Waals surface area contributed by atoms with E-state index in [-0.39, 0.29) is 42.3 Å². The van der Waals surface area contributed by atoms with E-state index in [1.165, 1.54) is 0 Å². The van der Waals surface area contributed by atoms with Crippen molar-refractivity contribution >= 4 is 33.8 Å². The Morgan fingerprint density at radius 2 is 2.09 bits per heavy atom. The zero-order chi connectivity index (χ0) is 31.2. The van der Waals surface area contributed by atoms with Gasteiger partial charge < -0.3 is 19.1 Å². The van der Waals surface area contributed by atoms with Crippen molar-refractivity contribution < 1.29 is 27.8 Å². The number of halogens is 2. The number of nitrogens with zero attached hydrogens (tertiary/aromatic N) is 6. The number of carbonyl (C=O) groups excluding carboxylic acids is 1. The maximum atomic E-state index is 17.1. The van der Waals surface area contributed by atoms with E-state index in [1.54, 1.807) is 12.4 Å². The van der Waals surface area contributed by atoms with Gasteiger partial charge in [-0.05, 0) is 68.7 Å². The zero-order valence-electron chi connectivity index (χ0n) is 25.6. The molecule has 4 fully saturated rings. The van der Waals surface area contributed by atoms with Gasteiger partial charge in [0.2, 0.25) is 0 Å². The molecule has 3 aromatic heterocycles. The number of rotatable bonds is 3. The van der Waals surface area contributed by atoms with Crippen LogP contribution in [0.25, 0.3) is 33.1 Å². The summed E-state index contributed by atoms with van der Waals surface area (Å²) in [6, 6.07) is 2.05. The van der Waals surface area contributed by atoms with Crippen LogP contribution >= 0.6 is 0 Å². The summed E-state index contributed by atoms with van der Waals surface area (Å²) < 4.78 is 49.2. The van der Waals surface area contributed by atoms with Gasteiger partial charge in [-0.3, -0.25) is 15.0 Å². The van der Waals surface area contributed by atoms with Crippen LogP contribution in [0.1, 0.15) is 55.6 Å². The number of anilines is 1. The van der Waals surface area contributed by atoms with E-state index in [9.17, 15) is 9.18 Å². The molecule has 0 radical (unpaired) electrons. The number of carbonyl (C=O) groups is 1. The van der Waals surface area contributed by atoms with E-state index in [0.29, 0.717) is 49.2 Å². The number of alkyl halides is 1. The molecule has 6 bridgehead atoms. The molecule has 11 nitrogen and oxygen atoms in total. The first kappa shape index (κ1) is 28.1. The van der Waals surface area contributed by atoms with Crippen molar-refractivity contribution in [1.82, 2.24) is 30.0 Å². The third kappa shape index (κ3) is 4.49. The van der Waals surface area contributed by atoms with Gasteiger partial charge in [0.15, 0.2) is 5.82 Å². The molecular formula is C33H35F2N7O4. The molecule has 3 saturated heterocycles. The summed E-state index contributed by atoms with van der Waals surface area (Å²) in [5, 5.41) is 8.49. The molecule has 1 aromatic carbocycles. The van der Waals surface area contributed by atoms with Crippen molar-refractivity contribution in [3.8, 4) is 17.3 Å². The number of aromatic nitrogens is 5. The third-order valence-corrected chi connectivity index (χ3v) is 10.8. The lowest BCUT2D eigenvalue weighted by Crippen LogP contribution is -2.43. The number of hydrogen-bond donors (Lipinski definition) is 1. The van der Waals surface area contributed by atoms with Crippen molar-refractivity contribution in [1.29, 1.82) is 0 Å². The quantitative estimate of drug-likeness (QED) is 0.302. The first-order valence-corrected chi connectivity index (χ1v) is 16.3. The van der Waals surface area contributed by atoms with Crippen LogP contribution in [0, 0.1) is 18.7 Å². The Labute approximate surface area is 263 Å². The van der Waals surface area contributed by atoms with Crippen molar-refractivity contribution in [2.24, 2.45) is 5.92 Å². The first-order chi connectivity index (χ1) is 22.4. The highest BCUT2D eigenvalue weighted by Crippen LogP contribution is 2.53. The lowest BCUT2D eigenvalue weighted by molar-refractivity contribution is 0.0165. The Morgan fingerprint density at radius 1 is 1.17 bits per heavy atom. The number of benzene rings is 1. The predicted octanol–water partition coefficient (Wildman–Crippen LogP) is 5.21. The fourth-order valence-corrected chi connectivity index (χ4v) is 8.48. The van der Waals surface area contributed by atoms with Gasteiger partial charge in [0.05, 0.1) is 35.8 Å². The van der Waals surface area contributed by atoms with E-state index >= 15 is 4.39 Å². The predicted molar refractivity (Wildman–Crippen MR) is 164 cm³/mol. The summed E-state index contributed by atoms with van der Waals surface area (Å²) >= 11 is 0. The molecule has 1 saturated carbocycles. The lowest BCUT2D eigenvalue weighted by Gasteiger charge is -2.34. The fraction of sp³-hybridized carbons (Fsp3) is 0.545. The Morgan fingerprint density at radius 3 is 3.00 bits per heavy atom. The van der Waals surface area contributed by atoms with Gasteiger partial charge >= 0.3 is 12.2 Å². The molecule has 5 atom stereocenters. The topological polar surface area (TPSA) is 119 Å². The summed E-state index contributed by atoms with van der Waals surface area (Å²) in [5.74, 6) is 0.0292. The molecule has 0 unspecified atom stereocenters. The lowest BCUT2D eigenvalue weighted by atomic mass is 9.91. The van der Waals surface area contributed by atoms with Crippen LogP contribution < -0.4 is 9.64 Å². The number of ether oxygens (including phenoxy) is 3. The van der Waals surface area contributed by atoms with E-state index in [4.69, 9.17) is 24.2 Å². The minimum absolute atomic E-state index is 0.0332. The number of fused-ring (bicyclic) bond motifs is 6. The largest absolute Gasteiger partial charge is 0.508 e. The molecule has 46 heavy (non-hydrogen) atoms. The molecule has 1 aliphatic carbocycles. The number of hydrogen-bond acceptors (Lipinski definition) is 10. The fourth-order valence-electron chi connectivity index (χ4n) is 8.48. The molecule has 0 spiro atoms. The molecule has 1 N–H and O–H groups in total. The second-order valence-corrected chi connectivity index (χ2v) is 13.7. The normalized spacial score (nSPS) is 29.1. The van der Waals surface area contributed by atoms with Gasteiger partial charge in [0.1, 0.15) is 35.9 Å². The van der Waals surface area contributed by atoms with Crippen LogP contribution in [0.2, 0.25) is 0 Å². The van der Waals surface area contributed by atoms with Crippen LogP contribution in [0.3, 0.4) is 0 Å². The Hall–Kier alpha value is -4.13. The van der Waals surface area contributed by atoms with Crippen LogP contribution in [0.5, 0.6) is 6.01 Å². The highest BCUT2D eigenvalue weighted by atomic mass is 19.1. The minimum Gasteiger partial charge on any atom is -0.461 e. The number of aromatic amines is 1. The molecular weight excluding hydrogens is 596 g/mol. The van der Waals surface area contributed by atoms with Gasteiger partial charge in [-0.1, -0.05) is 0 Å². The Bertz CT molecular complexity index is 1890. The van der Waals surface area contributed by atoms with Crippen molar-refractivity contribution in [3.63, 3.8) is 0 Å². The van der Waals surface area contributed by atoms with Gasteiger partial charge in [-0.2, -0.15) is 15.1 Å². The van der Waals surface area contributed by atoms with Crippen molar-refractivity contribution in [2.75, 3.05) is 44.3 Å². The average Bonchev–Trinajstić information content (AvgIpc) is 3.29. The number of pyridine rings is 1. The minimum atomic E-state index is -0.902. The second kappa shape index (κ2) is 10.4. The number of aryl methyl sites for hydroxylation is 1. The summed E-state index contributed by atoms with van der Waals surface area (Å²) in [7, 11) is 0. The highest BCUT2D eigenvalue weighted by molar-refractivity contribution is 6.00. The molecule has 6 aliphatic rings. The van der Waals surface area contributed by atoms with Gasteiger partial charge in [-0.15, -0.1) is 0 Å². The summed E-state index contributed by atoms with van der Waals surface area (Å²) in [6.07, 6.45) is 5.75. The molecule has 4 aromatic rings. The van der Waals surface area contributed by atoms with Crippen molar-refractivity contribution in [2.45, 2.75) is 69.2 Å². The molecule has 8 heterocycles. The smallest absolute Gasteiger partial charge is 0.461 e. The summed E-state index contributed by atoms with van der Waals surface area (Å²) in [5.41, 5.74) is 3.24. The molecule has 240 valence electrons. The monoisotopic (exact) mass is 631 g/mol. The Balaban J connectivity index is 1.22. The van der Waals surface area contributed by atoms with Crippen LogP contribution in [-0.2, 0) is 9.47 Å². The molecule has 0 amide bonds. The maximum absolute atomic E-state index is 17.1. The van der Waals surface area contributed by atoms with E-state index < -0.39 is 29.8 Å². The maximum Gasteiger partial charge on any atom is 0.508 e. The van der Waals surface area contributed by atoms with Gasteiger partial charge in [0, 0.05) is 42.6 Å². The van der Waals surface area contributed by atoms with Gasteiger partial charge in [-0.25, -0.2) is 13.6 Å². The van der Waals surface area contributed by atoms with Crippen LogP contribution in [-0.4, -0.2) is 93.4 Å². The SMILES string of the molecule is Cc1cc2[nH]ncc2c2c1[C@H]1C[C@H]1COC(=O)O[C@@H]1CCCN(C1)c1nc(OC[C@@]34CCCN3C[C@H](F)C4)nc3c(F)c-2ncc13. The number of piperidine rings is 1. The first-order valence-electron chi connectivity index (χ1n) is 16.3. The standard InChI is InChI=1S/C33H35F2N7O4/c1-17-8-24-22(12-37-40-24)26-25(17)21-9-18(21)15-44-32(43)46-20-4-2-6-41(14-20)30-23-11-36-29(26)27(35)28(23)38-31(39-30)45-16-33-5-3-7-42(33)13-19(34)10-33/h8,11-12,18-21H,2-7,9-10,13-16H2,1H3,(H,37,40)/t18-,19+,20+,21-,33-/m0/s1. The van der Waals surface area contributed by atoms with Crippen LogP contribution in [0.4, 0.5) is 19.4 Å². The van der Waals surface area contributed by atoms with E-state index in [2.05, 4.69) is 20.1 Å². The zero-order valence-corrected chi connectivity index (χ0v) is 25.6. The molecule has 10 rings (SSSR count). The molecule has 13 heteroatoms. The highest BCUT2D eigenvalue weighted by Gasteiger charge is 2.49.